The maximum atomic E-state index is 13.0. The number of H-pyrrole nitrogens is 1. The van der Waals surface area contributed by atoms with Crippen molar-refractivity contribution in [3.05, 3.63) is 35.0 Å². The lowest BCUT2D eigenvalue weighted by atomic mass is 9.97. The summed E-state index contributed by atoms with van der Waals surface area (Å²) < 4.78 is 5.42. The van der Waals surface area contributed by atoms with Gasteiger partial charge in [0.1, 0.15) is 11.3 Å². The predicted octanol–water partition coefficient (Wildman–Crippen LogP) is 4.54. The van der Waals surface area contributed by atoms with Gasteiger partial charge in [-0.2, -0.15) is 0 Å². The minimum atomic E-state index is -0.515. The number of carbonyl (C=O) groups excluding carboxylic acids is 2. The summed E-state index contributed by atoms with van der Waals surface area (Å²) in [6, 6.07) is 7.38. The molecular formula is C21H28ClN3O3. The Hall–Kier alpha value is -2.21. The van der Waals surface area contributed by atoms with Gasteiger partial charge in [0, 0.05) is 42.6 Å². The van der Waals surface area contributed by atoms with Crippen molar-refractivity contribution in [3.63, 3.8) is 0 Å². The van der Waals surface area contributed by atoms with Crippen LogP contribution >= 0.6 is 11.6 Å². The standard InChI is InChI=1S/C21H28ClN3O3/c1-21(2,3)28-20(27)24(4)12-14-6-5-9-25(13-14)19(26)18-11-15-10-16(22)7-8-17(15)23-18/h7-8,10-11,14,23H,5-6,9,12-13H2,1-4H3. The summed E-state index contributed by atoms with van der Waals surface area (Å²) in [4.78, 5) is 31.8. The van der Waals surface area contributed by atoms with E-state index in [0.717, 1.165) is 30.3 Å². The number of halogens is 1. The Labute approximate surface area is 170 Å². The van der Waals surface area contributed by atoms with E-state index in [0.29, 0.717) is 23.8 Å². The quantitative estimate of drug-likeness (QED) is 0.815. The van der Waals surface area contributed by atoms with E-state index in [1.54, 1.807) is 18.0 Å². The number of hydrogen-bond acceptors (Lipinski definition) is 3. The molecule has 1 N–H and O–H groups in total. The summed E-state index contributed by atoms with van der Waals surface area (Å²) in [5.74, 6) is 0.214. The van der Waals surface area contributed by atoms with Crippen molar-refractivity contribution >= 4 is 34.5 Å². The number of aromatic nitrogens is 1. The summed E-state index contributed by atoms with van der Waals surface area (Å²) in [7, 11) is 1.75. The highest BCUT2D eigenvalue weighted by molar-refractivity contribution is 6.31. The van der Waals surface area contributed by atoms with Gasteiger partial charge in [-0.15, -0.1) is 0 Å². The zero-order chi connectivity index (χ0) is 20.5. The molecule has 152 valence electrons. The Kier molecular flexibility index (Phi) is 5.89. The Balaban J connectivity index is 1.63. The van der Waals surface area contributed by atoms with Crippen LogP contribution in [-0.4, -0.2) is 59.1 Å². The molecule has 0 radical (unpaired) electrons. The van der Waals surface area contributed by atoms with Crippen LogP contribution in [0.15, 0.2) is 24.3 Å². The third-order valence-corrected chi connectivity index (χ3v) is 5.09. The van der Waals surface area contributed by atoms with Gasteiger partial charge >= 0.3 is 6.09 Å². The average Bonchev–Trinajstić information content (AvgIpc) is 3.03. The predicted molar refractivity (Wildman–Crippen MR) is 111 cm³/mol. The van der Waals surface area contributed by atoms with Gasteiger partial charge in [0.15, 0.2) is 0 Å². The molecule has 0 aliphatic carbocycles. The van der Waals surface area contributed by atoms with Gasteiger partial charge in [0.25, 0.3) is 5.91 Å². The number of rotatable bonds is 3. The number of nitrogens with one attached hydrogen (secondary N) is 1. The smallest absolute Gasteiger partial charge is 0.410 e. The highest BCUT2D eigenvalue weighted by Gasteiger charge is 2.28. The Morgan fingerprint density at radius 2 is 2.07 bits per heavy atom. The molecule has 0 saturated carbocycles. The first-order valence-electron chi connectivity index (χ1n) is 9.64. The Bertz CT molecular complexity index is 871. The maximum Gasteiger partial charge on any atom is 0.410 e. The summed E-state index contributed by atoms with van der Waals surface area (Å²) >= 11 is 6.04. The van der Waals surface area contributed by atoms with Crippen molar-refractivity contribution in [1.29, 1.82) is 0 Å². The first-order chi connectivity index (χ1) is 13.1. The Morgan fingerprint density at radius 1 is 1.32 bits per heavy atom. The third-order valence-electron chi connectivity index (χ3n) is 4.86. The van der Waals surface area contributed by atoms with E-state index in [-0.39, 0.29) is 17.9 Å². The van der Waals surface area contributed by atoms with Crippen molar-refractivity contribution in [2.24, 2.45) is 5.92 Å². The largest absolute Gasteiger partial charge is 0.444 e. The van der Waals surface area contributed by atoms with Gasteiger partial charge in [-0.25, -0.2) is 4.79 Å². The van der Waals surface area contributed by atoms with E-state index in [4.69, 9.17) is 16.3 Å². The lowest BCUT2D eigenvalue weighted by Crippen LogP contribution is -2.45. The van der Waals surface area contributed by atoms with Crippen molar-refractivity contribution in [2.45, 2.75) is 39.2 Å². The van der Waals surface area contributed by atoms with Crippen LogP contribution in [0.25, 0.3) is 10.9 Å². The molecular weight excluding hydrogens is 378 g/mol. The van der Waals surface area contributed by atoms with Gasteiger partial charge in [0.05, 0.1) is 0 Å². The number of fused-ring (bicyclic) bond motifs is 1. The average molecular weight is 406 g/mol. The van der Waals surface area contributed by atoms with E-state index in [2.05, 4.69) is 4.98 Å². The molecule has 2 amide bonds. The number of benzene rings is 1. The zero-order valence-electron chi connectivity index (χ0n) is 16.9. The fraction of sp³-hybridized carbons (Fsp3) is 0.524. The van der Waals surface area contributed by atoms with Crippen LogP contribution in [0.1, 0.15) is 44.1 Å². The number of nitrogens with zero attached hydrogens (tertiary/aromatic N) is 2. The topological polar surface area (TPSA) is 65.6 Å². The van der Waals surface area contributed by atoms with Crippen LogP contribution in [-0.2, 0) is 4.74 Å². The van der Waals surface area contributed by atoms with Crippen LogP contribution in [0, 0.1) is 5.92 Å². The van der Waals surface area contributed by atoms with Crippen LogP contribution in [0.3, 0.4) is 0 Å². The number of aromatic amines is 1. The molecule has 1 aromatic heterocycles. The monoisotopic (exact) mass is 405 g/mol. The minimum Gasteiger partial charge on any atom is -0.444 e. The van der Waals surface area contributed by atoms with E-state index < -0.39 is 5.60 Å². The molecule has 1 aliphatic heterocycles. The number of hydrogen-bond donors (Lipinski definition) is 1. The van der Waals surface area contributed by atoms with Gasteiger partial charge in [-0.05, 0) is 63.8 Å². The molecule has 1 unspecified atom stereocenters. The van der Waals surface area contributed by atoms with Crippen LogP contribution < -0.4 is 0 Å². The van der Waals surface area contributed by atoms with Crippen molar-refractivity contribution in [1.82, 2.24) is 14.8 Å². The fourth-order valence-electron chi connectivity index (χ4n) is 3.59. The van der Waals surface area contributed by atoms with E-state index >= 15 is 0 Å². The van der Waals surface area contributed by atoms with E-state index in [1.165, 1.54) is 0 Å². The van der Waals surface area contributed by atoms with E-state index in [1.807, 2.05) is 43.9 Å². The molecule has 1 atom stereocenters. The SMILES string of the molecule is CN(CC1CCCN(C(=O)c2cc3cc(Cl)ccc3[nH]2)C1)C(=O)OC(C)(C)C. The lowest BCUT2D eigenvalue weighted by molar-refractivity contribution is 0.0244. The summed E-state index contributed by atoms with van der Waals surface area (Å²) in [5.41, 5.74) is 0.947. The van der Waals surface area contributed by atoms with Crippen LogP contribution in [0.4, 0.5) is 4.79 Å². The van der Waals surface area contributed by atoms with Crippen molar-refractivity contribution in [2.75, 3.05) is 26.7 Å². The summed E-state index contributed by atoms with van der Waals surface area (Å²) in [6.07, 6.45) is 1.58. The summed E-state index contributed by atoms with van der Waals surface area (Å²) in [5, 5.41) is 1.57. The normalized spacial score (nSPS) is 17.6. The van der Waals surface area contributed by atoms with Crippen molar-refractivity contribution < 1.29 is 14.3 Å². The molecule has 1 aromatic carbocycles. The molecule has 1 saturated heterocycles. The van der Waals surface area contributed by atoms with Gasteiger partial charge in [-0.1, -0.05) is 11.6 Å². The molecule has 0 spiro atoms. The van der Waals surface area contributed by atoms with Crippen LogP contribution in [0.5, 0.6) is 0 Å². The maximum absolute atomic E-state index is 13.0. The molecule has 2 heterocycles. The number of piperidine rings is 1. The third kappa shape index (κ3) is 4.98. The molecule has 3 rings (SSSR count). The Morgan fingerprint density at radius 3 is 2.79 bits per heavy atom. The second-order valence-corrected chi connectivity index (χ2v) is 8.97. The number of carbonyl (C=O) groups is 2. The number of likely N-dealkylation sites (tertiary alicyclic amines) is 1. The van der Waals surface area contributed by atoms with Gasteiger partial charge in [0.2, 0.25) is 0 Å². The fourth-order valence-corrected chi connectivity index (χ4v) is 3.77. The van der Waals surface area contributed by atoms with Crippen LogP contribution in [0.2, 0.25) is 5.02 Å². The molecule has 1 fully saturated rings. The molecule has 2 aromatic rings. The molecule has 7 heteroatoms. The minimum absolute atomic E-state index is 0.0167. The first-order valence-corrected chi connectivity index (χ1v) is 10.0. The zero-order valence-corrected chi connectivity index (χ0v) is 17.7. The number of ether oxygens (including phenoxy) is 1. The molecule has 0 bridgehead atoms. The highest BCUT2D eigenvalue weighted by Crippen LogP contribution is 2.23. The summed E-state index contributed by atoms with van der Waals surface area (Å²) in [6.45, 7) is 7.48. The van der Waals surface area contributed by atoms with Crippen molar-refractivity contribution in [3.8, 4) is 0 Å². The van der Waals surface area contributed by atoms with Gasteiger partial charge < -0.3 is 19.5 Å². The molecule has 1 aliphatic rings. The second kappa shape index (κ2) is 8.03. The highest BCUT2D eigenvalue weighted by atomic mass is 35.5. The number of amides is 2. The van der Waals surface area contributed by atoms with E-state index in [9.17, 15) is 9.59 Å². The lowest BCUT2D eigenvalue weighted by Gasteiger charge is -2.35. The van der Waals surface area contributed by atoms with Gasteiger partial charge in [-0.3, -0.25) is 4.79 Å². The second-order valence-electron chi connectivity index (χ2n) is 8.53. The molecule has 6 nitrogen and oxygen atoms in total. The molecule has 28 heavy (non-hydrogen) atoms. The first kappa shape index (κ1) is 20.5.